The van der Waals surface area contributed by atoms with Gasteiger partial charge in [-0.05, 0) is 19.3 Å². The van der Waals surface area contributed by atoms with Gasteiger partial charge in [0, 0.05) is 18.8 Å². The molecule has 0 aromatic heterocycles. The molecule has 0 aliphatic carbocycles. The molecule has 1 amide bonds. The maximum atomic E-state index is 11.9. The lowest BCUT2D eigenvalue weighted by Crippen LogP contribution is -2.39. The van der Waals surface area contributed by atoms with Gasteiger partial charge in [-0.25, -0.2) is 4.79 Å². The predicted molar refractivity (Wildman–Crippen MR) is 72.5 cm³/mol. The molecule has 1 aliphatic rings. The highest BCUT2D eigenvalue weighted by Crippen LogP contribution is 2.23. The third kappa shape index (κ3) is 4.49. The summed E-state index contributed by atoms with van der Waals surface area (Å²) in [6.45, 7) is 3.60. The first-order valence-corrected chi connectivity index (χ1v) is 7.49. The van der Waals surface area contributed by atoms with E-state index in [0.29, 0.717) is 31.9 Å². The number of rotatable bonds is 6. The average molecular weight is 274 g/mol. The molecule has 0 aromatic rings. The standard InChI is InChI=1S/C12H22N2O3S/c1-2-3-8-17-11(15)10-5-4-7-14(10)12(16)18-9-6-13/h10H,2-9,13H2,1H3/t10-/m0/s1. The van der Waals surface area contributed by atoms with E-state index in [1.165, 1.54) is 11.8 Å². The molecular formula is C12H22N2O3S. The van der Waals surface area contributed by atoms with Crippen LogP contribution in [0.2, 0.25) is 0 Å². The molecule has 104 valence electrons. The molecule has 1 rings (SSSR count). The second-order valence-corrected chi connectivity index (χ2v) is 5.32. The number of esters is 1. The topological polar surface area (TPSA) is 72.6 Å². The van der Waals surface area contributed by atoms with Crippen molar-refractivity contribution in [2.45, 2.75) is 38.6 Å². The second-order valence-electron chi connectivity index (χ2n) is 4.28. The summed E-state index contributed by atoms with van der Waals surface area (Å²) in [5, 5.41) is -0.0598. The summed E-state index contributed by atoms with van der Waals surface area (Å²) in [6.07, 6.45) is 3.43. The predicted octanol–water partition coefficient (Wildman–Crippen LogP) is 1.61. The monoisotopic (exact) mass is 274 g/mol. The van der Waals surface area contributed by atoms with Gasteiger partial charge in [-0.1, -0.05) is 25.1 Å². The lowest BCUT2D eigenvalue weighted by molar-refractivity contribution is -0.148. The quantitative estimate of drug-likeness (QED) is 0.588. The van der Waals surface area contributed by atoms with E-state index in [2.05, 4.69) is 0 Å². The Morgan fingerprint density at radius 3 is 2.94 bits per heavy atom. The molecule has 2 N–H and O–H groups in total. The van der Waals surface area contributed by atoms with Crippen molar-refractivity contribution in [3.05, 3.63) is 0 Å². The molecule has 1 heterocycles. The number of likely N-dealkylation sites (tertiary alicyclic amines) is 1. The van der Waals surface area contributed by atoms with Crippen LogP contribution in [-0.4, -0.2) is 47.6 Å². The highest BCUT2D eigenvalue weighted by molar-refractivity contribution is 8.13. The van der Waals surface area contributed by atoms with E-state index >= 15 is 0 Å². The number of amides is 1. The SMILES string of the molecule is CCCCOC(=O)[C@@H]1CCCN1C(=O)SCCN. The van der Waals surface area contributed by atoms with Gasteiger partial charge in [0.2, 0.25) is 0 Å². The average Bonchev–Trinajstić information content (AvgIpc) is 2.85. The maximum absolute atomic E-state index is 11.9. The van der Waals surface area contributed by atoms with Crippen molar-refractivity contribution in [3.63, 3.8) is 0 Å². The molecule has 0 radical (unpaired) electrons. The molecule has 0 bridgehead atoms. The van der Waals surface area contributed by atoms with E-state index in [0.717, 1.165) is 19.3 Å². The number of carbonyl (C=O) groups is 2. The molecule has 0 aromatic carbocycles. The van der Waals surface area contributed by atoms with Crippen molar-refractivity contribution in [1.82, 2.24) is 4.90 Å². The van der Waals surface area contributed by atoms with Crippen LogP contribution in [0.3, 0.4) is 0 Å². The van der Waals surface area contributed by atoms with Gasteiger partial charge in [0.15, 0.2) is 0 Å². The van der Waals surface area contributed by atoms with Crippen LogP contribution >= 0.6 is 11.8 Å². The zero-order valence-corrected chi connectivity index (χ0v) is 11.7. The van der Waals surface area contributed by atoms with Crippen LogP contribution in [-0.2, 0) is 9.53 Å². The molecule has 18 heavy (non-hydrogen) atoms. The number of nitrogens with zero attached hydrogens (tertiary/aromatic N) is 1. The van der Waals surface area contributed by atoms with Crippen LogP contribution in [0.25, 0.3) is 0 Å². The van der Waals surface area contributed by atoms with Crippen LogP contribution in [0, 0.1) is 0 Å². The largest absolute Gasteiger partial charge is 0.464 e. The Morgan fingerprint density at radius 2 is 2.28 bits per heavy atom. The summed E-state index contributed by atoms with van der Waals surface area (Å²) in [4.78, 5) is 25.4. The third-order valence-electron chi connectivity index (χ3n) is 2.84. The highest BCUT2D eigenvalue weighted by Gasteiger charge is 2.35. The van der Waals surface area contributed by atoms with E-state index in [1.807, 2.05) is 6.92 Å². The Hall–Kier alpha value is -0.750. The zero-order chi connectivity index (χ0) is 13.4. The van der Waals surface area contributed by atoms with Crippen molar-refractivity contribution in [2.75, 3.05) is 25.4 Å². The van der Waals surface area contributed by atoms with Crippen molar-refractivity contribution < 1.29 is 14.3 Å². The normalized spacial score (nSPS) is 19.0. The van der Waals surface area contributed by atoms with E-state index in [9.17, 15) is 9.59 Å². The third-order valence-corrected chi connectivity index (χ3v) is 3.77. The van der Waals surface area contributed by atoms with Gasteiger partial charge >= 0.3 is 5.97 Å². The number of nitrogens with two attached hydrogens (primary N) is 1. The summed E-state index contributed by atoms with van der Waals surface area (Å²) in [5.74, 6) is 0.329. The van der Waals surface area contributed by atoms with Crippen molar-refractivity contribution in [3.8, 4) is 0 Å². The minimum absolute atomic E-state index is 0.0598. The van der Waals surface area contributed by atoms with Gasteiger partial charge in [0.1, 0.15) is 6.04 Å². The van der Waals surface area contributed by atoms with Crippen LogP contribution in [0.4, 0.5) is 4.79 Å². The van der Waals surface area contributed by atoms with Crippen LogP contribution in [0.1, 0.15) is 32.6 Å². The number of carbonyl (C=O) groups excluding carboxylic acids is 2. The molecule has 1 atom stereocenters. The van der Waals surface area contributed by atoms with Crippen LogP contribution in [0.5, 0.6) is 0 Å². The van der Waals surface area contributed by atoms with Crippen LogP contribution < -0.4 is 5.73 Å². The highest BCUT2D eigenvalue weighted by atomic mass is 32.2. The van der Waals surface area contributed by atoms with E-state index < -0.39 is 0 Å². The second kappa shape index (κ2) is 8.37. The van der Waals surface area contributed by atoms with E-state index in [4.69, 9.17) is 10.5 Å². The maximum Gasteiger partial charge on any atom is 0.328 e. The van der Waals surface area contributed by atoms with Gasteiger partial charge in [-0.2, -0.15) is 0 Å². The van der Waals surface area contributed by atoms with Crippen molar-refractivity contribution >= 4 is 23.0 Å². The molecule has 6 heteroatoms. The van der Waals surface area contributed by atoms with Crippen molar-refractivity contribution in [2.24, 2.45) is 5.73 Å². The zero-order valence-electron chi connectivity index (χ0n) is 10.9. The number of unbranched alkanes of at least 4 members (excludes halogenated alkanes) is 1. The van der Waals surface area contributed by atoms with Crippen LogP contribution in [0.15, 0.2) is 0 Å². The summed E-state index contributed by atoms with van der Waals surface area (Å²) >= 11 is 1.18. The van der Waals surface area contributed by atoms with Gasteiger partial charge in [0.25, 0.3) is 5.24 Å². The van der Waals surface area contributed by atoms with Gasteiger partial charge in [-0.15, -0.1) is 0 Å². The fourth-order valence-electron chi connectivity index (χ4n) is 1.87. The fourth-order valence-corrected chi connectivity index (χ4v) is 2.55. The number of hydrogen-bond acceptors (Lipinski definition) is 5. The first-order valence-electron chi connectivity index (χ1n) is 6.50. The fraction of sp³-hybridized carbons (Fsp3) is 0.833. The smallest absolute Gasteiger partial charge is 0.328 e. The summed E-state index contributed by atoms with van der Waals surface area (Å²) in [7, 11) is 0. The minimum atomic E-state index is -0.389. The van der Waals surface area contributed by atoms with Gasteiger partial charge < -0.3 is 15.4 Å². The van der Waals surface area contributed by atoms with Gasteiger partial charge in [0.05, 0.1) is 6.61 Å². The Morgan fingerprint density at radius 1 is 1.50 bits per heavy atom. The molecule has 1 aliphatic heterocycles. The minimum Gasteiger partial charge on any atom is -0.464 e. The number of thioether (sulfide) groups is 1. The molecule has 0 unspecified atom stereocenters. The molecule has 1 fully saturated rings. The molecule has 5 nitrogen and oxygen atoms in total. The molecular weight excluding hydrogens is 252 g/mol. The summed E-state index contributed by atoms with van der Waals surface area (Å²) < 4.78 is 5.18. The molecule has 1 saturated heterocycles. The lowest BCUT2D eigenvalue weighted by Gasteiger charge is -2.22. The van der Waals surface area contributed by atoms with E-state index in [1.54, 1.807) is 4.90 Å². The number of hydrogen-bond donors (Lipinski definition) is 1. The first-order chi connectivity index (χ1) is 8.70. The summed E-state index contributed by atoms with van der Waals surface area (Å²) in [6, 6.07) is -0.389. The lowest BCUT2D eigenvalue weighted by atomic mass is 10.2. The first kappa shape index (κ1) is 15.3. The molecule has 0 saturated carbocycles. The Labute approximate surface area is 112 Å². The Bertz CT molecular complexity index is 286. The van der Waals surface area contributed by atoms with Gasteiger partial charge in [-0.3, -0.25) is 4.79 Å². The van der Waals surface area contributed by atoms with Crippen molar-refractivity contribution in [1.29, 1.82) is 0 Å². The Balaban J connectivity index is 2.43. The van der Waals surface area contributed by atoms with E-state index in [-0.39, 0.29) is 17.3 Å². The summed E-state index contributed by atoms with van der Waals surface area (Å²) in [5.41, 5.74) is 5.37. The number of ether oxygens (including phenoxy) is 1. The Kier molecular flexibility index (Phi) is 7.12. The molecule has 0 spiro atoms.